The van der Waals surface area contributed by atoms with Crippen molar-refractivity contribution in [3.8, 4) is 0 Å². The molecule has 0 aromatic rings. The first-order valence-electron chi connectivity index (χ1n) is 6.46. The highest BCUT2D eigenvalue weighted by molar-refractivity contribution is 6.03. The van der Waals surface area contributed by atoms with Gasteiger partial charge in [0.15, 0.2) is 5.78 Å². The zero-order valence-corrected chi connectivity index (χ0v) is 11.5. The number of ether oxygens (including phenoxy) is 1. The van der Waals surface area contributed by atoms with Crippen molar-refractivity contribution in [3.05, 3.63) is 35.5 Å². The molecule has 0 aromatic heterocycles. The molecule has 2 N–H and O–H groups in total. The van der Waals surface area contributed by atoms with Crippen LogP contribution in [0.4, 0.5) is 0 Å². The Morgan fingerprint density at radius 2 is 1.90 bits per heavy atom. The van der Waals surface area contributed by atoms with Gasteiger partial charge in [-0.1, -0.05) is 18.2 Å². The summed E-state index contributed by atoms with van der Waals surface area (Å²) in [4.78, 5) is 23.9. The topological polar surface area (TPSA) is 83.8 Å². The predicted molar refractivity (Wildman–Crippen MR) is 71.7 cm³/mol. The Bertz CT molecular complexity index is 528. The van der Waals surface area contributed by atoms with E-state index in [1.807, 2.05) is 0 Å². The molecule has 0 spiro atoms. The molecule has 1 aliphatic carbocycles. The van der Waals surface area contributed by atoms with Gasteiger partial charge < -0.3 is 14.9 Å². The lowest BCUT2D eigenvalue weighted by Crippen LogP contribution is -2.35. The first-order chi connectivity index (χ1) is 9.31. The molecular formula is C15H18O5. The van der Waals surface area contributed by atoms with Gasteiger partial charge in [-0.15, -0.1) is 0 Å². The summed E-state index contributed by atoms with van der Waals surface area (Å²) in [7, 11) is 0. The van der Waals surface area contributed by atoms with Gasteiger partial charge in [0.25, 0.3) is 0 Å². The number of aliphatic hydroxyl groups excluding tert-OH is 2. The summed E-state index contributed by atoms with van der Waals surface area (Å²) in [6.45, 7) is 6.95. The maximum absolute atomic E-state index is 12.3. The van der Waals surface area contributed by atoms with E-state index in [2.05, 4.69) is 6.58 Å². The van der Waals surface area contributed by atoms with Crippen LogP contribution in [0.25, 0.3) is 0 Å². The van der Waals surface area contributed by atoms with E-state index in [1.54, 1.807) is 19.9 Å². The standard InChI is InChI=1S/C15H18O5/c1-7-4-10(16)6-8(2)13(17)14(18)12-9(3)15(19)20-11(12)5-7/h5-6,10-13,16-17H,3-4H2,1-2H3. The Kier molecular flexibility index (Phi) is 3.92. The Morgan fingerprint density at radius 3 is 2.55 bits per heavy atom. The van der Waals surface area contributed by atoms with E-state index in [1.165, 1.54) is 6.08 Å². The van der Waals surface area contributed by atoms with Crippen LogP contribution in [0.2, 0.25) is 0 Å². The third-order valence-electron chi connectivity index (χ3n) is 3.65. The monoisotopic (exact) mass is 278 g/mol. The summed E-state index contributed by atoms with van der Waals surface area (Å²) < 4.78 is 5.12. The minimum Gasteiger partial charge on any atom is -0.454 e. The van der Waals surface area contributed by atoms with Crippen molar-refractivity contribution in [2.75, 3.05) is 0 Å². The highest BCUT2D eigenvalue weighted by atomic mass is 16.6. The molecule has 0 amide bonds. The van der Waals surface area contributed by atoms with Crippen molar-refractivity contribution >= 4 is 11.8 Å². The summed E-state index contributed by atoms with van der Waals surface area (Å²) in [6.07, 6.45) is 0.547. The number of hydrogen-bond acceptors (Lipinski definition) is 5. The number of esters is 1. The molecule has 1 heterocycles. The van der Waals surface area contributed by atoms with Crippen molar-refractivity contribution in [2.45, 2.75) is 38.6 Å². The van der Waals surface area contributed by atoms with Crippen LogP contribution in [0, 0.1) is 5.92 Å². The molecule has 4 unspecified atom stereocenters. The van der Waals surface area contributed by atoms with Gasteiger partial charge in [-0.05, 0) is 31.9 Å². The molecule has 108 valence electrons. The molecule has 0 radical (unpaired) electrons. The zero-order chi connectivity index (χ0) is 15.0. The molecule has 4 atom stereocenters. The van der Waals surface area contributed by atoms with Crippen LogP contribution in [0.1, 0.15) is 20.3 Å². The van der Waals surface area contributed by atoms with Crippen molar-refractivity contribution in [2.24, 2.45) is 5.92 Å². The largest absolute Gasteiger partial charge is 0.454 e. The maximum Gasteiger partial charge on any atom is 0.334 e. The van der Waals surface area contributed by atoms with Crippen LogP contribution in [-0.4, -0.2) is 40.3 Å². The van der Waals surface area contributed by atoms with E-state index in [-0.39, 0.29) is 5.57 Å². The van der Waals surface area contributed by atoms with Gasteiger partial charge in [0.2, 0.25) is 0 Å². The van der Waals surface area contributed by atoms with Gasteiger partial charge in [0.1, 0.15) is 12.2 Å². The van der Waals surface area contributed by atoms with Crippen LogP contribution >= 0.6 is 0 Å². The third-order valence-corrected chi connectivity index (χ3v) is 3.65. The van der Waals surface area contributed by atoms with Gasteiger partial charge in [-0.25, -0.2) is 4.79 Å². The first kappa shape index (κ1) is 14.7. The summed E-state index contributed by atoms with van der Waals surface area (Å²) in [6, 6.07) is 0. The number of carbonyl (C=O) groups is 2. The van der Waals surface area contributed by atoms with Gasteiger partial charge in [0.05, 0.1) is 12.0 Å². The van der Waals surface area contributed by atoms with E-state index in [0.29, 0.717) is 12.0 Å². The highest BCUT2D eigenvalue weighted by Crippen LogP contribution is 2.32. The van der Waals surface area contributed by atoms with E-state index in [4.69, 9.17) is 4.74 Å². The SMILES string of the molecule is C=C1C(=O)OC2C=C(C)CC(O)C=C(C)C(O)C(=O)C12. The molecule has 5 heteroatoms. The van der Waals surface area contributed by atoms with Crippen LogP contribution in [0.5, 0.6) is 0 Å². The number of ketones is 1. The molecule has 2 rings (SSSR count). The van der Waals surface area contributed by atoms with Gasteiger partial charge in [-0.2, -0.15) is 0 Å². The first-order valence-corrected chi connectivity index (χ1v) is 6.46. The molecule has 0 saturated carbocycles. The molecule has 1 saturated heterocycles. The fourth-order valence-electron chi connectivity index (χ4n) is 2.58. The Morgan fingerprint density at radius 1 is 1.25 bits per heavy atom. The summed E-state index contributed by atoms with van der Waals surface area (Å²) >= 11 is 0. The van der Waals surface area contributed by atoms with Crippen molar-refractivity contribution in [1.82, 2.24) is 0 Å². The predicted octanol–water partition coefficient (Wildman–Crippen LogP) is 0.671. The quantitative estimate of drug-likeness (QED) is 0.386. The number of carbonyl (C=O) groups excluding carboxylic acids is 2. The van der Waals surface area contributed by atoms with Crippen LogP contribution < -0.4 is 0 Å². The lowest BCUT2D eigenvalue weighted by atomic mass is 9.85. The molecule has 1 fully saturated rings. The summed E-state index contributed by atoms with van der Waals surface area (Å²) in [5, 5.41) is 19.9. The normalized spacial score (nSPS) is 35.1. The smallest absolute Gasteiger partial charge is 0.334 e. The molecular weight excluding hydrogens is 260 g/mol. The average Bonchev–Trinajstić information content (AvgIpc) is 2.61. The molecule has 0 bridgehead atoms. The number of Topliss-reactive ketones (excluding diaryl/α,β-unsaturated/α-hetero) is 1. The Balaban J connectivity index is 2.46. The van der Waals surface area contributed by atoms with E-state index < -0.39 is 36.0 Å². The number of hydrogen-bond donors (Lipinski definition) is 2. The third kappa shape index (κ3) is 2.59. The average molecular weight is 278 g/mol. The molecule has 20 heavy (non-hydrogen) atoms. The zero-order valence-electron chi connectivity index (χ0n) is 11.5. The van der Waals surface area contributed by atoms with Crippen molar-refractivity contribution < 1.29 is 24.5 Å². The minimum atomic E-state index is -1.37. The summed E-state index contributed by atoms with van der Waals surface area (Å²) in [5.74, 6) is -2.02. The van der Waals surface area contributed by atoms with Gasteiger partial charge in [-0.3, -0.25) is 4.79 Å². The second kappa shape index (κ2) is 5.34. The fraction of sp³-hybridized carbons (Fsp3) is 0.467. The summed E-state index contributed by atoms with van der Waals surface area (Å²) in [5.41, 5.74) is 1.24. The van der Waals surface area contributed by atoms with E-state index in [9.17, 15) is 19.8 Å². The number of aliphatic hydroxyl groups is 2. The molecule has 1 aliphatic heterocycles. The molecule has 5 nitrogen and oxygen atoms in total. The van der Waals surface area contributed by atoms with Crippen molar-refractivity contribution in [1.29, 1.82) is 0 Å². The maximum atomic E-state index is 12.3. The lowest BCUT2D eigenvalue weighted by molar-refractivity contribution is -0.138. The van der Waals surface area contributed by atoms with E-state index in [0.717, 1.165) is 5.57 Å². The van der Waals surface area contributed by atoms with Crippen LogP contribution in [0.15, 0.2) is 35.5 Å². The highest BCUT2D eigenvalue weighted by Gasteiger charge is 2.44. The number of fused-ring (bicyclic) bond motifs is 1. The minimum absolute atomic E-state index is 0.0667. The Labute approximate surface area is 117 Å². The lowest BCUT2D eigenvalue weighted by Gasteiger charge is -2.21. The van der Waals surface area contributed by atoms with Gasteiger partial charge >= 0.3 is 5.97 Å². The fourth-order valence-corrected chi connectivity index (χ4v) is 2.58. The second-order valence-corrected chi connectivity index (χ2v) is 5.37. The van der Waals surface area contributed by atoms with Crippen LogP contribution in [0.3, 0.4) is 0 Å². The van der Waals surface area contributed by atoms with E-state index >= 15 is 0 Å². The molecule has 0 aromatic carbocycles. The number of rotatable bonds is 0. The van der Waals surface area contributed by atoms with Crippen molar-refractivity contribution in [3.63, 3.8) is 0 Å². The van der Waals surface area contributed by atoms with Crippen LogP contribution in [-0.2, 0) is 14.3 Å². The second-order valence-electron chi connectivity index (χ2n) is 5.37. The van der Waals surface area contributed by atoms with Gasteiger partial charge in [0, 0.05) is 5.57 Å². The Hall–Kier alpha value is -1.72. The molecule has 2 aliphatic rings.